The Balaban J connectivity index is 2.73. The van der Waals surface area contributed by atoms with Gasteiger partial charge in [0, 0.05) is 21.9 Å². The summed E-state index contributed by atoms with van der Waals surface area (Å²) in [7, 11) is 0. The van der Waals surface area contributed by atoms with Crippen molar-refractivity contribution in [2.75, 3.05) is 0 Å². The van der Waals surface area contributed by atoms with Gasteiger partial charge in [-0.3, -0.25) is 4.79 Å². The highest BCUT2D eigenvalue weighted by Crippen LogP contribution is 2.57. The smallest absolute Gasteiger partial charge is 0.201 e. The minimum atomic E-state index is -0.905. The summed E-state index contributed by atoms with van der Waals surface area (Å²) in [5.74, 6) is -3.83. The van der Waals surface area contributed by atoms with Crippen molar-refractivity contribution in [1.29, 1.82) is 0 Å². The van der Waals surface area contributed by atoms with Gasteiger partial charge in [0.05, 0.1) is 10.9 Å². The van der Waals surface area contributed by atoms with E-state index in [0.717, 1.165) is 0 Å². The van der Waals surface area contributed by atoms with Gasteiger partial charge in [-0.15, -0.1) is 6.58 Å². The van der Waals surface area contributed by atoms with E-state index >= 15 is 0 Å². The normalized spacial score (nSPS) is 13.9. The fraction of sp³-hybridized carbons (Fsp3) is 0.211. The highest BCUT2D eigenvalue weighted by atomic mass is 16.3. The summed E-state index contributed by atoms with van der Waals surface area (Å²) in [4.78, 5) is 12.3. The van der Waals surface area contributed by atoms with E-state index in [4.69, 9.17) is 0 Å². The highest BCUT2D eigenvalue weighted by Gasteiger charge is 2.36. The quantitative estimate of drug-likeness (QED) is 0.421. The molecule has 25 heavy (non-hydrogen) atoms. The number of allylic oxidation sites excluding steroid dienone is 3. The van der Waals surface area contributed by atoms with Crippen LogP contribution in [0.3, 0.4) is 0 Å². The molecular formula is C19H18O6. The molecule has 0 bridgehead atoms. The predicted molar refractivity (Wildman–Crippen MR) is 93.5 cm³/mol. The van der Waals surface area contributed by atoms with Crippen molar-refractivity contribution in [3.05, 3.63) is 35.4 Å². The fourth-order valence-corrected chi connectivity index (χ4v) is 3.35. The van der Waals surface area contributed by atoms with Gasteiger partial charge < -0.3 is 25.5 Å². The summed E-state index contributed by atoms with van der Waals surface area (Å²) in [6.07, 6.45) is 2.74. The van der Waals surface area contributed by atoms with Crippen molar-refractivity contribution in [3.63, 3.8) is 0 Å². The van der Waals surface area contributed by atoms with Gasteiger partial charge >= 0.3 is 0 Å². The zero-order valence-electron chi connectivity index (χ0n) is 14.0. The third-order valence-electron chi connectivity index (χ3n) is 4.76. The van der Waals surface area contributed by atoms with Crippen LogP contribution in [0.1, 0.15) is 42.3 Å². The zero-order chi connectivity index (χ0) is 18.8. The van der Waals surface area contributed by atoms with Crippen molar-refractivity contribution < 1.29 is 30.3 Å². The first-order chi connectivity index (χ1) is 11.5. The number of ketones is 1. The van der Waals surface area contributed by atoms with Crippen molar-refractivity contribution in [2.24, 2.45) is 0 Å². The Labute approximate surface area is 143 Å². The number of carbonyl (C=O) groups excluding carboxylic acids is 1. The van der Waals surface area contributed by atoms with Gasteiger partial charge in [0.1, 0.15) is 11.5 Å². The molecule has 0 heterocycles. The summed E-state index contributed by atoms with van der Waals surface area (Å²) in [5, 5.41) is 51.8. The van der Waals surface area contributed by atoms with Crippen LogP contribution in [0.15, 0.2) is 18.7 Å². The molecule has 1 aliphatic rings. The van der Waals surface area contributed by atoms with Crippen LogP contribution in [-0.4, -0.2) is 31.3 Å². The predicted octanol–water partition coefficient (Wildman–Crippen LogP) is 3.43. The van der Waals surface area contributed by atoms with Crippen LogP contribution in [0.4, 0.5) is 0 Å². The first-order valence-corrected chi connectivity index (χ1v) is 7.60. The van der Waals surface area contributed by atoms with E-state index in [1.54, 1.807) is 20.8 Å². The van der Waals surface area contributed by atoms with Crippen LogP contribution in [0.25, 0.3) is 16.3 Å². The number of phenolic OH excluding ortho intramolecular Hbond substituents is 5. The second-order valence-electron chi connectivity index (χ2n) is 6.74. The lowest BCUT2D eigenvalue weighted by molar-refractivity contribution is 0.104. The highest BCUT2D eigenvalue weighted by molar-refractivity contribution is 6.26. The Morgan fingerprint density at radius 3 is 2.04 bits per heavy atom. The molecule has 2 aromatic carbocycles. The second-order valence-corrected chi connectivity index (χ2v) is 6.74. The average molecular weight is 342 g/mol. The Kier molecular flexibility index (Phi) is 3.29. The van der Waals surface area contributed by atoms with Crippen molar-refractivity contribution in [1.82, 2.24) is 0 Å². The molecule has 0 spiro atoms. The first kappa shape index (κ1) is 16.7. The lowest BCUT2D eigenvalue weighted by atomic mass is 9.77. The van der Waals surface area contributed by atoms with Gasteiger partial charge in [0.2, 0.25) is 5.75 Å². The SMILES string of the molecule is C=CC(C)(C)c1c(O)c2c3c(c(O)c(O)c(O)c3c1O)C(=O)C=C2C. The lowest BCUT2D eigenvalue weighted by Crippen LogP contribution is -2.16. The number of benzene rings is 2. The Bertz CT molecular complexity index is 1010. The van der Waals surface area contributed by atoms with Gasteiger partial charge in [-0.2, -0.15) is 0 Å². The molecule has 1 aliphatic carbocycles. The molecule has 130 valence electrons. The van der Waals surface area contributed by atoms with Crippen LogP contribution in [0.5, 0.6) is 28.7 Å². The van der Waals surface area contributed by atoms with Crippen LogP contribution >= 0.6 is 0 Å². The monoisotopic (exact) mass is 342 g/mol. The molecule has 6 nitrogen and oxygen atoms in total. The molecule has 0 saturated carbocycles. The molecule has 0 aromatic heterocycles. The molecule has 2 aromatic rings. The topological polar surface area (TPSA) is 118 Å². The van der Waals surface area contributed by atoms with Gasteiger partial charge in [-0.1, -0.05) is 19.9 Å². The molecule has 3 rings (SSSR count). The number of phenols is 5. The molecule has 0 saturated heterocycles. The van der Waals surface area contributed by atoms with E-state index in [0.29, 0.717) is 5.57 Å². The molecule has 0 radical (unpaired) electrons. The molecule has 6 heteroatoms. The summed E-state index contributed by atoms with van der Waals surface area (Å²) in [6, 6.07) is 0. The number of hydrogen-bond acceptors (Lipinski definition) is 6. The number of hydrogen-bond donors (Lipinski definition) is 5. The van der Waals surface area contributed by atoms with Crippen LogP contribution in [0.2, 0.25) is 0 Å². The molecule has 0 amide bonds. The maximum absolute atomic E-state index is 12.3. The number of carbonyl (C=O) groups is 1. The second kappa shape index (κ2) is 4.92. The van der Waals surface area contributed by atoms with Gasteiger partial charge in [-0.25, -0.2) is 0 Å². The molecule has 0 atom stereocenters. The summed E-state index contributed by atoms with van der Waals surface area (Å²) in [5.41, 5.74) is -0.442. The van der Waals surface area contributed by atoms with E-state index in [-0.39, 0.29) is 33.2 Å². The van der Waals surface area contributed by atoms with Crippen molar-refractivity contribution >= 4 is 22.1 Å². The zero-order valence-corrected chi connectivity index (χ0v) is 14.0. The summed E-state index contributed by atoms with van der Waals surface area (Å²) in [6.45, 7) is 8.71. The molecule has 0 fully saturated rings. The van der Waals surface area contributed by atoms with Gasteiger partial charge in [0.15, 0.2) is 17.3 Å². The van der Waals surface area contributed by atoms with Gasteiger partial charge in [0.25, 0.3) is 0 Å². The van der Waals surface area contributed by atoms with Crippen molar-refractivity contribution in [2.45, 2.75) is 26.2 Å². The molecule has 0 unspecified atom stereocenters. The van der Waals surface area contributed by atoms with E-state index in [2.05, 4.69) is 6.58 Å². The van der Waals surface area contributed by atoms with E-state index in [1.165, 1.54) is 12.2 Å². The molecular weight excluding hydrogens is 324 g/mol. The Morgan fingerprint density at radius 2 is 1.48 bits per heavy atom. The van der Waals surface area contributed by atoms with Crippen LogP contribution in [0, 0.1) is 0 Å². The van der Waals surface area contributed by atoms with E-state index in [1.807, 2.05) is 0 Å². The number of rotatable bonds is 2. The van der Waals surface area contributed by atoms with E-state index < -0.39 is 34.2 Å². The van der Waals surface area contributed by atoms with Crippen LogP contribution < -0.4 is 0 Å². The molecule has 5 N–H and O–H groups in total. The third kappa shape index (κ3) is 1.94. The van der Waals surface area contributed by atoms with E-state index in [9.17, 15) is 30.3 Å². The maximum atomic E-state index is 12.3. The maximum Gasteiger partial charge on any atom is 0.201 e. The molecule has 0 aliphatic heterocycles. The van der Waals surface area contributed by atoms with Crippen LogP contribution in [-0.2, 0) is 5.41 Å². The minimum absolute atomic E-state index is 0.00332. The Morgan fingerprint density at radius 1 is 0.880 bits per heavy atom. The first-order valence-electron chi connectivity index (χ1n) is 7.60. The van der Waals surface area contributed by atoms with Crippen molar-refractivity contribution in [3.8, 4) is 28.7 Å². The average Bonchev–Trinajstić information content (AvgIpc) is 2.51. The van der Waals surface area contributed by atoms with Gasteiger partial charge in [-0.05, 0) is 18.6 Å². The summed E-state index contributed by atoms with van der Waals surface area (Å²) < 4.78 is 0. The minimum Gasteiger partial charge on any atom is -0.507 e. The summed E-state index contributed by atoms with van der Waals surface area (Å²) >= 11 is 0. The largest absolute Gasteiger partial charge is 0.507 e. The Hall–Kier alpha value is -3.15. The lowest BCUT2D eigenvalue weighted by Gasteiger charge is -2.28. The fourth-order valence-electron chi connectivity index (χ4n) is 3.35. The number of aromatic hydroxyl groups is 5. The third-order valence-corrected chi connectivity index (χ3v) is 4.76. The standard InChI is InChI=1S/C19H18O6/c1-5-19(3,4)13-14(21)9-7(2)6-8(20)10-11(9)12(15(13)22)17(24)18(25)16(10)23/h5-6,21-25H,1H2,2-4H3.